The zero-order valence-corrected chi connectivity index (χ0v) is 56.9. The monoisotopic (exact) mass is 1180 g/mol. The summed E-state index contributed by atoms with van der Waals surface area (Å²) in [5.41, 5.74) is 0. The first kappa shape index (κ1) is 82.1. The number of carbonyl (C=O) groups excluding carboxylic acids is 2. The van der Waals surface area contributed by atoms with Crippen LogP contribution in [0.4, 0.5) is 0 Å². The topological polar surface area (TPSA) is 95.9 Å². The minimum Gasteiger partial charge on any atom is -0.466 e. The van der Waals surface area contributed by atoms with Crippen molar-refractivity contribution in [3.8, 4) is 0 Å². The fraction of sp³-hybridized carbons (Fsp3) is 0.897. The lowest BCUT2D eigenvalue weighted by atomic mass is 10.0. The Morgan fingerprint density at radius 3 is 0.940 bits per heavy atom. The van der Waals surface area contributed by atoms with Crippen LogP contribution >= 0.6 is 0 Å². The van der Waals surface area contributed by atoms with Crippen LogP contribution in [-0.4, -0.2) is 47.4 Å². The number of aliphatic hydroxyl groups excluding tert-OH is 2. The number of ether oxygens (including phenoxy) is 1. The standard InChI is InChI=1S/C78H149NO5/c1-3-5-7-9-11-13-15-17-19-20-21-36-39-43-46-50-54-58-62-66-70-76(81)75(74-80)79-77(82)71-67-63-59-55-51-47-44-40-37-34-32-30-28-26-24-22-23-25-27-29-31-33-35-38-41-45-49-53-57-61-65-69-73-84-78(83)72-68-64-60-56-52-48-42-18-16-14-12-10-8-6-4-2/h12,14,18,25,27,42,75-76,80-81H,3-11,13,15-17,19-24,26,28-41,43-74H2,1-2H3,(H,79,82)/b14-12-,27-25-,42-18-. The fourth-order valence-electron chi connectivity index (χ4n) is 12.1. The van der Waals surface area contributed by atoms with Crippen LogP contribution < -0.4 is 5.32 Å². The summed E-state index contributed by atoms with van der Waals surface area (Å²) in [6.45, 7) is 4.96. The number of aliphatic hydroxyl groups is 2. The molecule has 0 rings (SSSR count). The van der Waals surface area contributed by atoms with Gasteiger partial charge in [0.15, 0.2) is 0 Å². The lowest BCUT2D eigenvalue weighted by molar-refractivity contribution is -0.143. The van der Waals surface area contributed by atoms with Crippen molar-refractivity contribution in [2.24, 2.45) is 0 Å². The molecule has 6 heteroatoms. The molecule has 0 radical (unpaired) electrons. The van der Waals surface area contributed by atoms with Crippen LogP contribution in [0.3, 0.4) is 0 Å². The number of nitrogens with one attached hydrogen (secondary N) is 1. The van der Waals surface area contributed by atoms with Crippen molar-refractivity contribution in [1.82, 2.24) is 5.32 Å². The summed E-state index contributed by atoms with van der Waals surface area (Å²) in [6, 6.07) is -0.540. The molecule has 0 fully saturated rings. The maximum Gasteiger partial charge on any atom is 0.305 e. The fourth-order valence-corrected chi connectivity index (χ4v) is 12.1. The lowest BCUT2D eigenvalue weighted by Gasteiger charge is -2.22. The second kappa shape index (κ2) is 73.5. The van der Waals surface area contributed by atoms with E-state index in [2.05, 4.69) is 55.6 Å². The lowest BCUT2D eigenvalue weighted by Crippen LogP contribution is -2.45. The van der Waals surface area contributed by atoms with Crippen LogP contribution in [-0.2, 0) is 14.3 Å². The van der Waals surface area contributed by atoms with E-state index in [1.807, 2.05) is 0 Å². The van der Waals surface area contributed by atoms with Crippen LogP contribution in [0.5, 0.6) is 0 Å². The number of hydrogen-bond acceptors (Lipinski definition) is 5. The van der Waals surface area contributed by atoms with Crippen molar-refractivity contribution in [2.45, 2.75) is 437 Å². The van der Waals surface area contributed by atoms with Crippen molar-refractivity contribution in [3.63, 3.8) is 0 Å². The molecule has 0 aliphatic carbocycles. The van der Waals surface area contributed by atoms with Gasteiger partial charge >= 0.3 is 5.97 Å². The number of rotatable bonds is 72. The third-order valence-electron chi connectivity index (χ3n) is 17.9. The Morgan fingerprint density at radius 1 is 0.333 bits per heavy atom. The third-order valence-corrected chi connectivity index (χ3v) is 17.9. The van der Waals surface area contributed by atoms with Gasteiger partial charge in [-0.05, 0) is 83.5 Å². The molecule has 0 aromatic heterocycles. The first-order valence-electron chi connectivity index (χ1n) is 38.2. The second-order valence-electron chi connectivity index (χ2n) is 26.3. The number of allylic oxidation sites excluding steroid dienone is 6. The first-order chi connectivity index (χ1) is 41.5. The van der Waals surface area contributed by atoms with Gasteiger partial charge in [-0.3, -0.25) is 9.59 Å². The SMILES string of the molecule is CCCCC/C=C\C/C=C\CCCCCCCC(=O)OCCCCCCCCCCCCCC/C=C\CCCCCCCCCCCCCCCCCCC(=O)NC(CO)C(O)CCCCCCCCCCCCCCCCCCCCCC. The zero-order valence-electron chi connectivity index (χ0n) is 56.9. The highest BCUT2D eigenvalue weighted by Gasteiger charge is 2.20. The highest BCUT2D eigenvalue weighted by Crippen LogP contribution is 2.19. The maximum absolute atomic E-state index is 12.6. The van der Waals surface area contributed by atoms with Gasteiger partial charge in [0.25, 0.3) is 0 Å². The summed E-state index contributed by atoms with van der Waals surface area (Å²) in [7, 11) is 0. The van der Waals surface area contributed by atoms with E-state index < -0.39 is 12.1 Å². The van der Waals surface area contributed by atoms with E-state index in [1.54, 1.807) is 0 Å². The van der Waals surface area contributed by atoms with E-state index in [0.717, 1.165) is 51.4 Å². The van der Waals surface area contributed by atoms with E-state index in [0.29, 0.717) is 25.9 Å². The van der Waals surface area contributed by atoms with Gasteiger partial charge in [0.05, 0.1) is 25.4 Å². The first-order valence-corrected chi connectivity index (χ1v) is 38.2. The quantitative estimate of drug-likeness (QED) is 0.0320. The number of carbonyl (C=O) groups is 2. The number of esters is 1. The Bertz CT molecular complexity index is 1360. The highest BCUT2D eigenvalue weighted by atomic mass is 16.5. The smallest absolute Gasteiger partial charge is 0.305 e. The number of unbranched alkanes of at least 4 members (excludes halogenated alkanes) is 55. The van der Waals surface area contributed by atoms with E-state index in [4.69, 9.17) is 4.74 Å². The summed E-state index contributed by atoms with van der Waals surface area (Å²) in [6.07, 6.45) is 95.1. The van der Waals surface area contributed by atoms with Crippen LogP contribution in [0, 0.1) is 0 Å². The van der Waals surface area contributed by atoms with Crippen LogP contribution in [0.2, 0.25) is 0 Å². The molecule has 6 nitrogen and oxygen atoms in total. The predicted octanol–water partition coefficient (Wildman–Crippen LogP) is 25.0. The van der Waals surface area contributed by atoms with Gasteiger partial charge in [0.1, 0.15) is 0 Å². The molecule has 0 aromatic rings. The molecule has 0 aliphatic heterocycles. The molecule has 0 saturated heterocycles. The van der Waals surface area contributed by atoms with Crippen LogP contribution in [0.25, 0.3) is 0 Å². The Hall–Kier alpha value is -1.92. The summed E-state index contributed by atoms with van der Waals surface area (Å²) in [4.78, 5) is 24.6. The minimum atomic E-state index is -0.664. The third kappa shape index (κ3) is 69.2. The van der Waals surface area contributed by atoms with E-state index in [-0.39, 0.29) is 18.5 Å². The van der Waals surface area contributed by atoms with Gasteiger partial charge in [-0.25, -0.2) is 0 Å². The van der Waals surface area contributed by atoms with Gasteiger partial charge in [0.2, 0.25) is 5.91 Å². The molecule has 496 valence electrons. The Morgan fingerprint density at radius 2 is 0.595 bits per heavy atom. The van der Waals surface area contributed by atoms with Crippen molar-refractivity contribution in [1.29, 1.82) is 0 Å². The van der Waals surface area contributed by atoms with Gasteiger partial charge in [-0.2, -0.15) is 0 Å². The normalized spacial score (nSPS) is 12.7. The molecule has 0 spiro atoms. The molecule has 2 unspecified atom stereocenters. The van der Waals surface area contributed by atoms with Gasteiger partial charge in [-0.15, -0.1) is 0 Å². The van der Waals surface area contributed by atoms with E-state index in [9.17, 15) is 19.8 Å². The Labute approximate surface area is 525 Å². The summed E-state index contributed by atoms with van der Waals surface area (Å²) >= 11 is 0. The number of hydrogen-bond donors (Lipinski definition) is 3. The molecular formula is C78H149NO5. The molecule has 2 atom stereocenters. The van der Waals surface area contributed by atoms with Crippen LogP contribution in [0.1, 0.15) is 425 Å². The van der Waals surface area contributed by atoms with Crippen molar-refractivity contribution < 1.29 is 24.5 Å². The van der Waals surface area contributed by atoms with Crippen LogP contribution in [0.15, 0.2) is 36.5 Å². The molecule has 3 N–H and O–H groups in total. The molecular weight excluding hydrogens is 1030 g/mol. The zero-order chi connectivity index (χ0) is 60.6. The second-order valence-corrected chi connectivity index (χ2v) is 26.3. The molecule has 0 aromatic carbocycles. The minimum absolute atomic E-state index is 0.00474. The van der Waals surface area contributed by atoms with E-state index >= 15 is 0 Å². The molecule has 0 saturated carbocycles. The predicted molar refractivity (Wildman–Crippen MR) is 370 cm³/mol. The van der Waals surface area contributed by atoms with E-state index in [1.165, 1.54) is 340 Å². The molecule has 84 heavy (non-hydrogen) atoms. The molecule has 1 amide bonds. The van der Waals surface area contributed by atoms with Gasteiger partial charge in [0, 0.05) is 12.8 Å². The Kier molecular flexibility index (Phi) is 71.9. The average Bonchev–Trinajstić information content (AvgIpc) is 3.51. The Balaban J connectivity index is 3.36. The van der Waals surface area contributed by atoms with Crippen molar-refractivity contribution in [3.05, 3.63) is 36.5 Å². The summed E-state index contributed by atoms with van der Waals surface area (Å²) in [5.74, 6) is -0.0232. The summed E-state index contributed by atoms with van der Waals surface area (Å²) in [5, 5.41) is 23.4. The van der Waals surface area contributed by atoms with Gasteiger partial charge in [-0.1, -0.05) is 365 Å². The largest absolute Gasteiger partial charge is 0.466 e. The van der Waals surface area contributed by atoms with Gasteiger partial charge < -0.3 is 20.3 Å². The molecule has 0 heterocycles. The van der Waals surface area contributed by atoms with Crippen molar-refractivity contribution in [2.75, 3.05) is 13.2 Å². The highest BCUT2D eigenvalue weighted by molar-refractivity contribution is 5.76. The molecule has 0 aliphatic rings. The summed E-state index contributed by atoms with van der Waals surface area (Å²) < 4.78 is 5.49. The maximum atomic E-state index is 12.6. The van der Waals surface area contributed by atoms with Crippen molar-refractivity contribution >= 4 is 11.9 Å². The average molecular weight is 1180 g/mol. The number of amides is 1. The molecule has 0 bridgehead atoms.